The number of aromatic amines is 1. The monoisotopic (exact) mass is 226 g/mol. The van der Waals surface area contributed by atoms with Crippen molar-refractivity contribution in [2.24, 2.45) is 0 Å². The number of aryl methyl sites for hydroxylation is 1. The van der Waals surface area contributed by atoms with Crippen LogP contribution in [0.2, 0.25) is 0 Å². The van der Waals surface area contributed by atoms with Gasteiger partial charge < -0.3 is 4.98 Å². The summed E-state index contributed by atoms with van der Waals surface area (Å²) in [6.07, 6.45) is 3.60. The fraction of sp³-hybridized carbons (Fsp3) is 0.0714. The molecule has 2 nitrogen and oxygen atoms in total. The molecule has 0 saturated carbocycles. The van der Waals surface area contributed by atoms with Gasteiger partial charge >= 0.3 is 0 Å². The van der Waals surface area contributed by atoms with E-state index in [9.17, 15) is 4.39 Å². The highest BCUT2D eigenvalue weighted by Crippen LogP contribution is 2.23. The average Bonchev–Trinajstić information content (AvgIpc) is 2.79. The number of rotatable bonds is 1. The lowest BCUT2D eigenvalue weighted by Crippen LogP contribution is -1.85. The fourth-order valence-corrected chi connectivity index (χ4v) is 1.87. The molecule has 0 aliphatic carbocycles. The van der Waals surface area contributed by atoms with E-state index in [-0.39, 0.29) is 5.82 Å². The van der Waals surface area contributed by atoms with Gasteiger partial charge in [0.15, 0.2) is 0 Å². The zero-order valence-corrected chi connectivity index (χ0v) is 9.37. The predicted octanol–water partition coefficient (Wildman–Crippen LogP) is 3.68. The molecule has 3 rings (SSSR count). The summed E-state index contributed by atoms with van der Waals surface area (Å²) >= 11 is 0. The van der Waals surface area contributed by atoms with Crippen molar-refractivity contribution in [2.75, 3.05) is 0 Å². The topological polar surface area (TPSA) is 28.7 Å². The van der Waals surface area contributed by atoms with Crippen LogP contribution in [0.25, 0.3) is 22.2 Å². The van der Waals surface area contributed by atoms with Gasteiger partial charge in [-0.15, -0.1) is 0 Å². The summed E-state index contributed by atoms with van der Waals surface area (Å²) in [7, 11) is 0. The summed E-state index contributed by atoms with van der Waals surface area (Å²) in [6, 6.07) is 9.20. The lowest BCUT2D eigenvalue weighted by Gasteiger charge is -2.03. The van der Waals surface area contributed by atoms with Crippen molar-refractivity contribution >= 4 is 11.0 Å². The Morgan fingerprint density at radius 3 is 2.82 bits per heavy atom. The van der Waals surface area contributed by atoms with Crippen molar-refractivity contribution in [1.82, 2.24) is 9.97 Å². The number of benzene rings is 1. The van der Waals surface area contributed by atoms with E-state index < -0.39 is 0 Å². The minimum absolute atomic E-state index is 0.184. The number of nitrogens with one attached hydrogen (secondary N) is 1. The Morgan fingerprint density at radius 1 is 1.12 bits per heavy atom. The molecule has 1 aromatic carbocycles. The third-order valence-corrected chi connectivity index (χ3v) is 2.91. The summed E-state index contributed by atoms with van der Waals surface area (Å²) in [6.45, 7) is 1.76. The molecule has 0 spiro atoms. The van der Waals surface area contributed by atoms with Crippen LogP contribution in [0.15, 0.2) is 42.7 Å². The number of aromatic nitrogens is 2. The molecule has 17 heavy (non-hydrogen) atoms. The van der Waals surface area contributed by atoms with Crippen LogP contribution in [0.3, 0.4) is 0 Å². The molecule has 0 atom stereocenters. The first kappa shape index (κ1) is 10.0. The van der Waals surface area contributed by atoms with Crippen LogP contribution in [0.4, 0.5) is 4.39 Å². The van der Waals surface area contributed by atoms with Crippen LogP contribution in [0.1, 0.15) is 5.56 Å². The Labute approximate surface area is 98.1 Å². The molecule has 3 heteroatoms. The first-order valence-corrected chi connectivity index (χ1v) is 5.44. The van der Waals surface area contributed by atoms with Crippen molar-refractivity contribution in [3.8, 4) is 11.1 Å². The maximum absolute atomic E-state index is 13.5. The average molecular weight is 226 g/mol. The van der Waals surface area contributed by atoms with Crippen LogP contribution in [-0.4, -0.2) is 9.97 Å². The smallest absolute Gasteiger partial charge is 0.137 e. The van der Waals surface area contributed by atoms with Gasteiger partial charge in [-0.1, -0.05) is 12.1 Å². The number of halogens is 1. The molecule has 0 bridgehead atoms. The zero-order chi connectivity index (χ0) is 11.8. The number of nitrogens with zero attached hydrogens (tertiary/aromatic N) is 1. The standard InChI is InChI=1S/C14H11FN2/c1-9-2-3-10(7-13(9)15)12-6-11-4-5-16-14(11)17-8-12/h2-8H,1H3,(H,16,17). The van der Waals surface area contributed by atoms with Gasteiger partial charge in [0.05, 0.1) is 0 Å². The lowest BCUT2D eigenvalue weighted by atomic mass is 10.0. The molecule has 84 valence electrons. The van der Waals surface area contributed by atoms with Crippen molar-refractivity contribution < 1.29 is 4.39 Å². The molecule has 0 unspecified atom stereocenters. The molecule has 1 N–H and O–H groups in total. The number of hydrogen-bond acceptors (Lipinski definition) is 1. The van der Waals surface area contributed by atoms with Crippen molar-refractivity contribution in [2.45, 2.75) is 6.92 Å². The summed E-state index contributed by atoms with van der Waals surface area (Å²) in [5, 5.41) is 1.03. The van der Waals surface area contributed by atoms with Gasteiger partial charge in [0.2, 0.25) is 0 Å². The second kappa shape index (κ2) is 3.70. The van der Waals surface area contributed by atoms with E-state index in [0.717, 1.165) is 22.2 Å². The fourth-order valence-electron chi connectivity index (χ4n) is 1.87. The summed E-state index contributed by atoms with van der Waals surface area (Å²) in [4.78, 5) is 7.33. The quantitative estimate of drug-likeness (QED) is 0.673. The molecular weight excluding hydrogens is 215 g/mol. The van der Waals surface area contributed by atoms with Gasteiger partial charge in [-0.2, -0.15) is 0 Å². The molecule has 0 amide bonds. The van der Waals surface area contributed by atoms with Gasteiger partial charge in [-0.25, -0.2) is 9.37 Å². The Bertz CT molecular complexity index is 686. The highest BCUT2D eigenvalue weighted by atomic mass is 19.1. The van der Waals surface area contributed by atoms with Crippen molar-refractivity contribution in [1.29, 1.82) is 0 Å². The number of pyridine rings is 1. The molecule has 0 saturated heterocycles. The first-order chi connectivity index (χ1) is 8.24. The highest BCUT2D eigenvalue weighted by molar-refractivity contribution is 5.81. The summed E-state index contributed by atoms with van der Waals surface area (Å²) < 4.78 is 13.5. The van der Waals surface area contributed by atoms with E-state index in [1.165, 1.54) is 0 Å². The Morgan fingerprint density at radius 2 is 2.00 bits per heavy atom. The van der Waals surface area contributed by atoms with Crippen LogP contribution < -0.4 is 0 Å². The van der Waals surface area contributed by atoms with Gasteiger partial charge in [0.25, 0.3) is 0 Å². The van der Waals surface area contributed by atoms with E-state index in [1.54, 1.807) is 25.3 Å². The SMILES string of the molecule is Cc1ccc(-c2cnc3[nH]ccc3c2)cc1F. The second-order valence-corrected chi connectivity index (χ2v) is 4.10. The Hall–Kier alpha value is -2.16. The zero-order valence-electron chi connectivity index (χ0n) is 9.37. The number of fused-ring (bicyclic) bond motifs is 1. The second-order valence-electron chi connectivity index (χ2n) is 4.10. The van der Waals surface area contributed by atoms with Gasteiger partial charge in [-0.05, 0) is 36.2 Å². The largest absolute Gasteiger partial charge is 0.346 e. The van der Waals surface area contributed by atoms with E-state index in [1.807, 2.05) is 24.4 Å². The molecule has 0 fully saturated rings. The van der Waals surface area contributed by atoms with E-state index in [0.29, 0.717) is 5.56 Å². The van der Waals surface area contributed by atoms with Gasteiger partial charge in [-0.3, -0.25) is 0 Å². The minimum Gasteiger partial charge on any atom is -0.346 e. The molecular formula is C14H11FN2. The number of hydrogen-bond donors (Lipinski definition) is 1. The summed E-state index contributed by atoms with van der Waals surface area (Å²) in [5.41, 5.74) is 3.28. The van der Waals surface area contributed by atoms with E-state index in [2.05, 4.69) is 9.97 Å². The van der Waals surface area contributed by atoms with Crippen LogP contribution in [0, 0.1) is 12.7 Å². The molecule has 0 radical (unpaired) electrons. The molecule has 0 aliphatic heterocycles. The first-order valence-electron chi connectivity index (χ1n) is 5.44. The highest BCUT2D eigenvalue weighted by Gasteiger charge is 2.04. The third-order valence-electron chi connectivity index (χ3n) is 2.91. The molecule has 0 aliphatic rings. The molecule has 2 aromatic heterocycles. The Balaban J connectivity index is 2.16. The normalized spacial score (nSPS) is 10.9. The van der Waals surface area contributed by atoms with E-state index >= 15 is 0 Å². The van der Waals surface area contributed by atoms with Gasteiger partial charge in [0, 0.05) is 23.3 Å². The van der Waals surface area contributed by atoms with Crippen molar-refractivity contribution in [3.05, 3.63) is 54.1 Å². The van der Waals surface area contributed by atoms with Crippen molar-refractivity contribution in [3.63, 3.8) is 0 Å². The maximum Gasteiger partial charge on any atom is 0.137 e. The molecule has 3 aromatic rings. The third kappa shape index (κ3) is 1.69. The van der Waals surface area contributed by atoms with Crippen LogP contribution >= 0.6 is 0 Å². The minimum atomic E-state index is -0.184. The van der Waals surface area contributed by atoms with E-state index in [4.69, 9.17) is 0 Å². The predicted molar refractivity (Wildman–Crippen MR) is 66.2 cm³/mol. The lowest BCUT2D eigenvalue weighted by molar-refractivity contribution is 0.619. The van der Waals surface area contributed by atoms with Crippen LogP contribution in [-0.2, 0) is 0 Å². The maximum atomic E-state index is 13.5. The summed E-state index contributed by atoms with van der Waals surface area (Å²) in [5.74, 6) is -0.184. The van der Waals surface area contributed by atoms with Crippen LogP contribution in [0.5, 0.6) is 0 Å². The van der Waals surface area contributed by atoms with Gasteiger partial charge in [0.1, 0.15) is 11.5 Å². The molecule has 2 heterocycles. The Kier molecular flexibility index (Phi) is 2.18. The number of H-pyrrole nitrogens is 1.